The van der Waals surface area contributed by atoms with Gasteiger partial charge >= 0.3 is 5.97 Å². The van der Waals surface area contributed by atoms with E-state index in [-0.39, 0.29) is 24.2 Å². The molecule has 1 unspecified atom stereocenters. The Labute approximate surface area is 275 Å². The first kappa shape index (κ1) is 41.4. The van der Waals surface area contributed by atoms with Crippen LogP contribution in [0, 0.1) is 17.8 Å². The summed E-state index contributed by atoms with van der Waals surface area (Å²) in [5.74, 6) is -5.08. The maximum Gasteiger partial charge on any atom is 0.305 e. The maximum atomic E-state index is 13.4. The van der Waals surface area contributed by atoms with Gasteiger partial charge in [0.1, 0.15) is 24.3 Å². The van der Waals surface area contributed by atoms with Crippen LogP contribution in [0.3, 0.4) is 0 Å². The molecule has 0 aliphatic heterocycles. The molecule has 1 aromatic rings. The Morgan fingerprint density at radius 3 is 1.87 bits per heavy atom. The van der Waals surface area contributed by atoms with E-state index in [2.05, 4.69) is 21.3 Å². The monoisotopic (exact) mass is 667 g/mol. The van der Waals surface area contributed by atoms with E-state index < -0.39 is 91.1 Å². The van der Waals surface area contributed by atoms with Crippen molar-refractivity contribution in [2.75, 3.05) is 6.61 Å². The van der Waals surface area contributed by atoms with E-state index in [0.717, 1.165) is 0 Å². The summed E-state index contributed by atoms with van der Waals surface area (Å²) in [7, 11) is 0. The van der Waals surface area contributed by atoms with E-state index in [1.807, 2.05) is 6.92 Å². The van der Waals surface area contributed by atoms with Gasteiger partial charge < -0.3 is 52.5 Å². The number of carbonyl (C=O) groups is 5. The number of nitrogens with two attached hydrogens (primary N) is 1. The van der Waals surface area contributed by atoms with Gasteiger partial charge in [-0.1, -0.05) is 78.3 Å². The number of benzene rings is 1. The van der Waals surface area contributed by atoms with Crippen molar-refractivity contribution in [1.29, 1.82) is 0 Å². The molecule has 4 amide bonds. The molecule has 0 bridgehead atoms. The fraction of sp³-hybridized carbons (Fsp3) is 0.656. The number of hydrogen-bond donors (Lipinski definition) is 10. The molecule has 0 heterocycles. The Balaban J connectivity index is 3.08. The van der Waals surface area contributed by atoms with Crippen LogP contribution in [0.4, 0.5) is 0 Å². The zero-order valence-electron chi connectivity index (χ0n) is 27.9. The van der Waals surface area contributed by atoms with E-state index in [1.54, 1.807) is 65.0 Å². The number of aliphatic carboxylic acids is 1. The standard InChI is InChI=1S/C32H53N5O10/c1-7-18(6)25(37-30(45)24(33)17(4)5)31(46)35-21(13-16(2)3)29(44)36-22(15-38)26(41)27(42)28(43)32(47)34-20(14-23(39)40)19-11-9-8-10-12-19/h8-12,16-18,20-22,24-28,38,41-43H,7,13-15,33H2,1-6H3,(H,34,47)(H,35,46)(H,36,44)(H,37,45)(H,39,40)/t18?,20-,21-,22-,24-,25-,26+,27+,28-/m0/s1. The molecule has 0 saturated carbocycles. The Morgan fingerprint density at radius 2 is 1.38 bits per heavy atom. The second kappa shape index (κ2) is 19.9. The molecule has 0 saturated heterocycles. The molecule has 47 heavy (non-hydrogen) atoms. The molecule has 1 rings (SSSR count). The van der Waals surface area contributed by atoms with Crippen LogP contribution in [-0.4, -0.2) is 104 Å². The van der Waals surface area contributed by atoms with Gasteiger partial charge in [0.05, 0.1) is 31.2 Å². The average Bonchev–Trinajstić information content (AvgIpc) is 3.03. The Bertz CT molecular complexity index is 1170. The molecule has 0 aliphatic carbocycles. The van der Waals surface area contributed by atoms with Crippen LogP contribution in [0.25, 0.3) is 0 Å². The molecule has 0 aliphatic rings. The molecule has 9 atom stereocenters. The zero-order valence-corrected chi connectivity index (χ0v) is 27.9. The zero-order chi connectivity index (χ0) is 36.0. The van der Waals surface area contributed by atoms with Crippen LogP contribution in [0.5, 0.6) is 0 Å². The summed E-state index contributed by atoms with van der Waals surface area (Å²) in [6.07, 6.45) is -6.46. The number of amides is 4. The molecule has 15 heteroatoms. The van der Waals surface area contributed by atoms with Gasteiger partial charge in [0.25, 0.3) is 5.91 Å². The maximum absolute atomic E-state index is 13.4. The summed E-state index contributed by atoms with van der Waals surface area (Å²) >= 11 is 0. The first-order valence-corrected chi connectivity index (χ1v) is 15.8. The highest BCUT2D eigenvalue weighted by molar-refractivity contribution is 5.93. The van der Waals surface area contributed by atoms with Crippen LogP contribution in [0.1, 0.15) is 72.4 Å². The number of carbonyl (C=O) groups excluding carboxylic acids is 4. The van der Waals surface area contributed by atoms with Crippen molar-refractivity contribution in [3.05, 3.63) is 35.9 Å². The third-order valence-corrected chi connectivity index (χ3v) is 7.93. The summed E-state index contributed by atoms with van der Waals surface area (Å²) in [4.78, 5) is 63.6. The lowest BCUT2D eigenvalue weighted by atomic mass is 9.95. The Kier molecular flexibility index (Phi) is 17.5. The second-order valence-corrected chi connectivity index (χ2v) is 12.6. The van der Waals surface area contributed by atoms with Gasteiger partial charge in [0.15, 0.2) is 6.10 Å². The van der Waals surface area contributed by atoms with Crippen molar-refractivity contribution in [2.24, 2.45) is 23.5 Å². The normalized spacial score (nSPS) is 17.3. The van der Waals surface area contributed by atoms with Gasteiger partial charge in [-0.05, 0) is 29.7 Å². The van der Waals surface area contributed by atoms with Crippen LogP contribution >= 0.6 is 0 Å². The smallest absolute Gasteiger partial charge is 0.305 e. The minimum Gasteiger partial charge on any atom is -0.481 e. The molecular weight excluding hydrogens is 614 g/mol. The van der Waals surface area contributed by atoms with E-state index in [0.29, 0.717) is 12.0 Å². The molecular formula is C32H53N5O10. The van der Waals surface area contributed by atoms with Crippen molar-refractivity contribution >= 4 is 29.6 Å². The van der Waals surface area contributed by atoms with Crippen molar-refractivity contribution in [3.8, 4) is 0 Å². The average molecular weight is 668 g/mol. The van der Waals surface area contributed by atoms with Gasteiger partial charge in [0.2, 0.25) is 17.7 Å². The number of carboxylic acid groups (broad SMARTS) is 1. The number of hydrogen-bond acceptors (Lipinski definition) is 10. The topological polar surface area (TPSA) is 261 Å². The summed E-state index contributed by atoms with van der Waals surface area (Å²) < 4.78 is 0. The molecule has 0 radical (unpaired) electrons. The third kappa shape index (κ3) is 13.2. The van der Waals surface area contributed by atoms with Crippen molar-refractivity contribution in [1.82, 2.24) is 21.3 Å². The number of nitrogens with one attached hydrogen (secondary N) is 4. The Hall–Kier alpha value is -3.63. The molecule has 0 fully saturated rings. The minimum absolute atomic E-state index is 0.117. The molecule has 11 N–H and O–H groups in total. The van der Waals surface area contributed by atoms with Crippen LogP contribution < -0.4 is 27.0 Å². The highest BCUT2D eigenvalue weighted by Gasteiger charge is 2.38. The largest absolute Gasteiger partial charge is 0.481 e. The summed E-state index contributed by atoms with van der Waals surface area (Å²) in [6, 6.07) is 2.32. The van der Waals surface area contributed by atoms with Crippen LogP contribution in [0.2, 0.25) is 0 Å². The molecule has 0 aromatic heterocycles. The van der Waals surface area contributed by atoms with E-state index in [9.17, 15) is 49.5 Å². The number of rotatable bonds is 20. The summed E-state index contributed by atoms with van der Waals surface area (Å²) in [6.45, 7) is 9.79. The lowest BCUT2D eigenvalue weighted by Crippen LogP contribution is -2.61. The highest BCUT2D eigenvalue weighted by atomic mass is 16.4. The number of aliphatic hydroxyl groups excluding tert-OH is 4. The van der Waals surface area contributed by atoms with Crippen molar-refractivity contribution < 1.29 is 49.5 Å². The van der Waals surface area contributed by atoms with Crippen LogP contribution in [-0.2, 0) is 24.0 Å². The number of aliphatic hydroxyl groups is 4. The summed E-state index contributed by atoms with van der Waals surface area (Å²) in [5.41, 5.74) is 6.37. The van der Waals surface area contributed by atoms with Crippen molar-refractivity contribution in [3.63, 3.8) is 0 Å². The predicted octanol–water partition coefficient (Wildman–Crippen LogP) is -1.08. The van der Waals surface area contributed by atoms with Gasteiger partial charge in [0, 0.05) is 0 Å². The quantitative estimate of drug-likeness (QED) is 0.0800. The molecule has 1 aromatic carbocycles. The minimum atomic E-state index is -2.28. The van der Waals surface area contributed by atoms with Gasteiger partial charge in [-0.3, -0.25) is 24.0 Å². The lowest BCUT2D eigenvalue weighted by Gasteiger charge is -2.31. The predicted molar refractivity (Wildman–Crippen MR) is 172 cm³/mol. The fourth-order valence-corrected chi connectivity index (χ4v) is 4.69. The molecule has 266 valence electrons. The van der Waals surface area contributed by atoms with E-state index in [4.69, 9.17) is 5.73 Å². The van der Waals surface area contributed by atoms with Crippen molar-refractivity contribution in [2.45, 2.75) is 109 Å². The van der Waals surface area contributed by atoms with Crippen LogP contribution in [0.15, 0.2) is 30.3 Å². The van der Waals surface area contributed by atoms with E-state index in [1.165, 1.54) is 0 Å². The first-order valence-electron chi connectivity index (χ1n) is 15.8. The lowest BCUT2D eigenvalue weighted by molar-refractivity contribution is -0.145. The molecule has 0 spiro atoms. The Morgan fingerprint density at radius 1 is 0.787 bits per heavy atom. The third-order valence-electron chi connectivity index (χ3n) is 7.93. The number of carboxylic acids is 1. The second-order valence-electron chi connectivity index (χ2n) is 12.6. The molecule has 15 nitrogen and oxygen atoms in total. The fourth-order valence-electron chi connectivity index (χ4n) is 4.69. The van der Waals surface area contributed by atoms with E-state index >= 15 is 0 Å². The van der Waals surface area contributed by atoms with Gasteiger partial charge in [-0.25, -0.2) is 0 Å². The SMILES string of the molecule is CCC(C)[C@H](NC(=O)[C@@H](N)C(C)C)C(=O)N[C@@H](CC(C)C)C(=O)N[C@@H](CO)[C@@H](O)[C@@H](O)[C@H](O)C(=O)N[C@@H](CC(=O)O)c1ccccc1. The summed E-state index contributed by atoms with van der Waals surface area (Å²) in [5, 5.41) is 61.2. The highest BCUT2D eigenvalue weighted by Crippen LogP contribution is 2.18. The first-order chi connectivity index (χ1) is 21.9. The van der Waals surface area contributed by atoms with Gasteiger partial charge in [-0.15, -0.1) is 0 Å². The van der Waals surface area contributed by atoms with Gasteiger partial charge in [-0.2, -0.15) is 0 Å².